The van der Waals surface area contributed by atoms with Crippen molar-refractivity contribution in [2.24, 2.45) is 0 Å². The molecule has 0 bridgehead atoms. The first kappa shape index (κ1) is 13.0. The topological polar surface area (TPSA) is 44.8 Å². The normalized spacial score (nSPS) is 13.0. The summed E-state index contributed by atoms with van der Waals surface area (Å²) in [6, 6.07) is 9.27. The third-order valence-corrected chi connectivity index (χ3v) is 3.88. The van der Waals surface area contributed by atoms with Gasteiger partial charge in [0.25, 0.3) is 0 Å². The van der Waals surface area contributed by atoms with Crippen LogP contribution in [0.5, 0.6) is 11.5 Å². The van der Waals surface area contributed by atoms with Crippen molar-refractivity contribution in [1.29, 1.82) is 0 Å². The molecule has 0 saturated carbocycles. The van der Waals surface area contributed by atoms with Gasteiger partial charge in [-0.25, -0.2) is 4.79 Å². The minimum atomic E-state index is -0.371. The molecular weight excluding hydrogens is 276 g/mol. The second-order valence-corrected chi connectivity index (χ2v) is 5.33. The summed E-state index contributed by atoms with van der Waals surface area (Å²) >= 11 is 1.66. The average Bonchev–Trinajstić information content (AvgIpc) is 3.00. The van der Waals surface area contributed by atoms with Gasteiger partial charge in [0.15, 0.2) is 11.5 Å². The molecule has 3 rings (SSSR count). The Morgan fingerprint density at radius 1 is 1.20 bits per heavy atom. The van der Waals surface area contributed by atoms with Crippen LogP contribution in [0.4, 0.5) is 0 Å². The summed E-state index contributed by atoms with van der Waals surface area (Å²) in [5.41, 5.74) is 0.424. The van der Waals surface area contributed by atoms with Gasteiger partial charge in [-0.1, -0.05) is 12.1 Å². The molecule has 20 heavy (non-hydrogen) atoms. The number of benzene rings is 1. The lowest BCUT2D eigenvalue weighted by molar-refractivity contribution is 0.0500. The van der Waals surface area contributed by atoms with Crippen LogP contribution < -0.4 is 9.47 Å². The lowest BCUT2D eigenvalue weighted by atomic mass is 10.2. The summed E-state index contributed by atoms with van der Waals surface area (Å²) in [7, 11) is 0. The Morgan fingerprint density at radius 3 is 2.95 bits per heavy atom. The molecule has 0 spiro atoms. The van der Waals surface area contributed by atoms with E-state index < -0.39 is 0 Å². The van der Waals surface area contributed by atoms with E-state index in [1.165, 1.54) is 4.88 Å². The van der Waals surface area contributed by atoms with E-state index in [4.69, 9.17) is 14.2 Å². The van der Waals surface area contributed by atoms with Gasteiger partial charge >= 0.3 is 5.97 Å². The van der Waals surface area contributed by atoms with Gasteiger partial charge < -0.3 is 14.2 Å². The number of carbonyl (C=O) groups is 1. The second-order valence-electron chi connectivity index (χ2n) is 4.30. The third kappa shape index (κ3) is 2.77. The SMILES string of the molecule is O=C(OCCc1cccs1)c1cccc2c1OCCO2. The number of hydrogen-bond donors (Lipinski definition) is 0. The standard InChI is InChI=1S/C15H14O4S/c16-15(19-7-6-11-3-2-10-20-11)12-4-1-5-13-14(12)18-9-8-17-13/h1-5,10H,6-9H2. The van der Waals surface area contributed by atoms with Crippen LogP contribution in [-0.4, -0.2) is 25.8 Å². The number of rotatable bonds is 4. The summed E-state index contributed by atoms with van der Waals surface area (Å²) in [5, 5.41) is 2.01. The maximum absolute atomic E-state index is 12.1. The molecule has 4 nitrogen and oxygen atoms in total. The van der Waals surface area contributed by atoms with E-state index in [-0.39, 0.29) is 5.97 Å². The van der Waals surface area contributed by atoms with Gasteiger partial charge in [0.1, 0.15) is 18.8 Å². The highest BCUT2D eigenvalue weighted by Crippen LogP contribution is 2.33. The van der Waals surface area contributed by atoms with E-state index in [0.29, 0.717) is 36.9 Å². The molecule has 0 atom stereocenters. The van der Waals surface area contributed by atoms with E-state index in [1.807, 2.05) is 17.5 Å². The van der Waals surface area contributed by atoms with Crippen LogP contribution in [0.15, 0.2) is 35.7 Å². The molecule has 1 aliphatic heterocycles. The Kier molecular flexibility index (Phi) is 3.87. The molecule has 0 aliphatic carbocycles. The molecule has 104 valence electrons. The summed E-state index contributed by atoms with van der Waals surface area (Å²) < 4.78 is 16.3. The van der Waals surface area contributed by atoms with Crippen molar-refractivity contribution in [3.8, 4) is 11.5 Å². The molecule has 1 aromatic carbocycles. The Morgan fingerprint density at radius 2 is 2.10 bits per heavy atom. The summed E-state index contributed by atoms with van der Waals surface area (Å²) in [6.45, 7) is 1.32. The summed E-state index contributed by atoms with van der Waals surface area (Å²) in [6.07, 6.45) is 0.732. The molecule has 1 aromatic heterocycles. The van der Waals surface area contributed by atoms with Gasteiger partial charge in [0, 0.05) is 11.3 Å². The first-order valence-corrected chi connectivity index (χ1v) is 7.30. The summed E-state index contributed by atoms with van der Waals surface area (Å²) in [4.78, 5) is 13.3. The molecule has 2 heterocycles. The van der Waals surface area contributed by atoms with Crippen molar-refractivity contribution in [1.82, 2.24) is 0 Å². The average molecular weight is 290 g/mol. The highest BCUT2D eigenvalue weighted by Gasteiger charge is 2.21. The fraction of sp³-hybridized carbons (Fsp3) is 0.267. The van der Waals surface area contributed by atoms with Gasteiger partial charge in [0.2, 0.25) is 0 Å². The number of esters is 1. The number of fused-ring (bicyclic) bond motifs is 1. The van der Waals surface area contributed by atoms with E-state index in [2.05, 4.69) is 0 Å². The number of carbonyl (C=O) groups excluding carboxylic acids is 1. The van der Waals surface area contributed by atoms with Crippen molar-refractivity contribution in [2.45, 2.75) is 6.42 Å². The molecule has 1 aliphatic rings. The van der Waals surface area contributed by atoms with Crippen LogP contribution in [0, 0.1) is 0 Å². The lowest BCUT2D eigenvalue weighted by Crippen LogP contribution is -2.18. The lowest BCUT2D eigenvalue weighted by Gasteiger charge is -2.20. The van der Waals surface area contributed by atoms with Crippen molar-refractivity contribution in [3.05, 3.63) is 46.2 Å². The minimum absolute atomic E-state index is 0.365. The van der Waals surface area contributed by atoms with Crippen LogP contribution in [-0.2, 0) is 11.2 Å². The van der Waals surface area contributed by atoms with Crippen LogP contribution in [0.2, 0.25) is 0 Å². The number of thiophene rings is 1. The first-order valence-electron chi connectivity index (χ1n) is 6.43. The van der Waals surface area contributed by atoms with Crippen molar-refractivity contribution < 1.29 is 19.0 Å². The molecule has 0 saturated heterocycles. The van der Waals surface area contributed by atoms with Gasteiger partial charge in [-0.2, -0.15) is 0 Å². The number of para-hydroxylation sites is 1. The maximum Gasteiger partial charge on any atom is 0.342 e. The summed E-state index contributed by atoms with van der Waals surface area (Å²) in [5.74, 6) is 0.715. The van der Waals surface area contributed by atoms with Crippen LogP contribution >= 0.6 is 11.3 Å². The third-order valence-electron chi connectivity index (χ3n) is 2.95. The Bertz CT molecular complexity index is 592. The zero-order chi connectivity index (χ0) is 13.8. The van der Waals surface area contributed by atoms with Crippen molar-refractivity contribution in [2.75, 3.05) is 19.8 Å². The molecule has 2 aromatic rings. The number of ether oxygens (including phenoxy) is 3. The fourth-order valence-electron chi connectivity index (χ4n) is 2.01. The Balaban J connectivity index is 1.65. The Hall–Kier alpha value is -2.01. The Labute approximate surface area is 120 Å². The van der Waals surface area contributed by atoms with E-state index >= 15 is 0 Å². The minimum Gasteiger partial charge on any atom is -0.486 e. The first-order chi connectivity index (χ1) is 9.84. The quantitative estimate of drug-likeness (QED) is 0.812. The number of hydrogen-bond acceptors (Lipinski definition) is 5. The second kappa shape index (κ2) is 5.96. The zero-order valence-electron chi connectivity index (χ0n) is 10.8. The van der Waals surface area contributed by atoms with Gasteiger partial charge in [-0.15, -0.1) is 11.3 Å². The highest BCUT2D eigenvalue weighted by molar-refractivity contribution is 7.09. The van der Waals surface area contributed by atoms with Gasteiger partial charge in [-0.05, 0) is 23.6 Å². The molecule has 0 fully saturated rings. The fourth-order valence-corrected chi connectivity index (χ4v) is 2.70. The zero-order valence-corrected chi connectivity index (χ0v) is 11.7. The largest absolute Gasteiger partial charge is 0.486 e. The smallest absolute Gasteiger partial charge is 0.342 e. The van der Waals surface area contributed by atoms with Gasteiger partial charge in [-0.3, -0.25) is 0 Å². The van der Waals surface area contributed by atoms with Gasteiger partial charge in [0.05, 0.1) is 6.61 Å². The highest BCUT2D eigenvalue weighted by atomic mass is 32.1. The van der Waals surface area contributed by atoms with Crippen LogP contribution in [0.3, 0.4) is 0 Å². The van der Waals surface area contributed by atoms with Crippen molar-refractivity contribution >= 4 is 17.3 Å². The molecule has 0 amide bonds. The van der Waals surface area contributed by atoms with E-state index in [0.717, 1.165) is 6.42 Å². The molecule has 0 radical (unpaired) electrons. The molecular formula is C15H14O4S. The van der Waals surface area contributed by atoms with E-state index in [1.54, 1.807) is 29.5 Å². The maximum atomic E-state index is 12.1. The predicted octanol–water partition coefficient (Wildman–Crippen LogP) is 2.92. The van der Waals surface area contributed by atoms with Crippen molar-refractivity contribution in [3.63, 3.8) is 0 Å². The van der Waals surface area contributed by atoms with E-state index in [9.17, 15) is 4.79 Å². The predicted molar refractivity (Wildman–Crippen MR) is 75.7 cm³/mol. The van der Waals surface area contributed by atoms with Crippen LogP contribution in [0.25, 0.3) is 0 Å². The molecule has 5 heteroatoms. The monoisotopic (exact) mass is 290 g/mol. The molecule has 0 unspecified atom stereocenters. The van der Waals surface area contributed by atoms with Crippen LogP contribution in [0.1, 0.15) is 15.2 Å². The molecule has 0 N–H and O–H groups in total.